The molecular weight excluding hydrogens is 212 g/mol. The molecule has 1 rings (SSSR count). The summed E-state index contributed by atoms with van der Waals surface area (Å²) in [6.07, 6.45) is 0.950. The van der Waals surface area contributed by atoms with Gasteiger partial charge in [0.2, 0.25) is 0 Å². The van der Waals surface area contributed by atoms with Gasteiger partial charge in [-0.15, -0.1) is 0 Å². The van der Waals surface area contributed by atoms with Crippen molar-refractivity contribution < 1.29 is 4.74 Å². The fourth-order valence-electron chi connectivity index (χ4n) is 2.14. The molecule has 0 saturated carbocycles. The fourth-order valence-corrected chi connectivity index (χ4v) is 2.14. The minimum absolute atomic E-state index is 0.0446. The van der Waals surface area contributed by atoms with E-state index in [0.717, 1.165) is 17.7 Å². The van der Waals surface area contributed by atoms with Crippen molar-refractivity contribution in [2.45, 2.75) is 33.2 Å². The minimum Gasteiger partial charge on any atom is -0.496 e. The molecule has 0 spiro atoms. The predicted octanol–water partition coefficient (Wildman–Crippen LogP) is 2.30. The largest absolute Gasteiger partial charge is 0.496 e. The van der Waals surface area contributed by atoms with Crippen LogP contribution in [0.1, 0.15) is 36.1 Å². The van der Waals surface area contributed by atoms with Crippen molar-refractivity contribution >= 4 is 0 Å². The van der Waals surface area contributed by atoms with Gasteiger partial charge in [0, 0.05) is 6.04 Å². The molecule has 3 nitrogen and oxygen atoms in total. The van der Waals surface area contributed by atoms with Crippen LogP contribution in [0.4, 0.5) is 0 Å². The topological polar surface area (TPSA) is 61.3 Å². The second-order valence-electron chi connectivity index (χ2n) is 4.76. The third-order valence-corrected chi connectivity index (χ3v) is 3.38. The summed E-state index contributed by atoms with van der Waals surface area (Å²) in [5.41, 5.74) is 15.4. The van der Waals surface area contributed by atoms with Crippen LogP contribution in [0.5, 0.6) is 5.75 Å². The minimum atomic E-state index is 0.0446. The molecule has 0 saturated heterocycles. The van der Waals surface area contributed by atoms with Crippen molar-refractivity contribution in [1.82, 2.24) is 0 Å². The number of ether oxygens (including phenoxy) is 1. The van der Waals surface area contributed by atoms with Crippen LogP contribution in [0.3, 0.4) is 0 Å². The van der Waals surface area contributed by atoms with Crippen LogP contribution in [0.2, 0.25) is 0 Å². The van der Waals surface area contributed by atoms with Gasteiger partial charge in [0.15, 0.2) is 0 Å². The second kappa shape index (κ2) is 6.03. The Morgan fingerprint density at radius 3 is 2.41 bits per heavy atom. The number of hydrogen-bond donors (Lipinski definition) is 2. The Balaban J connectivity index is 3.01. The number of benzene rings is 1. The molecule has 0 aliphatic carbocycles. The Morgan fingerprint density at radius 2 is 1.88 bits per heavy atom. The summed E-state index contributed by atoms with van der Waals surface area (Å²) in [4.78, 5) is 0. The van der Waals surface area contributed by atoms with Crippen LogP contribution in [0.25, 0.3) is 0 Å². The van der Waals surface area contributed by atoms with Crippen molar-refractivity contribution in [1.29, 1.82) is 0 Å². The lowest BCUT2D eigenvalue weighted by Crippen LogP contribution is -2.22. The Morgan fingerprint density at radius 1 is 1.24 bits per heavy atom. The number of rotatable bonds is 5. The Hall–Kier alpha value is -1.06. The molecule has 0 fully saturated rings. The summed E-state index contributed by atoms with van der Waals surface area (Å²) < 4.78 is 5.31. The molecule has 1 aromatic carbocycles. The van der Waals surface area contributed by atoms with Gasteiger partial charge in [-0.2, -0.15) is 0 Å². The molecule has 0 bridgehead atoms. The highest BCUT2D eigenvalue weighted by molar-refractivity contribution is 5.42. The average Bonchev–Trinajstić information content (AvgIpc) is 2.31. The van der Waals surface area contributed by atoms with E-state index in [4.69, 9.17) is 16.2 Å². The molecule has 0 aromatic heterocycles. The molecule has 0 amide bonds. The molecule has 2 atom stereocenters. The maximum absolute atomic E-state index is 6.29. The van der Waals surface area contributed by atoms with Gasteiger partial charge in [-0.05, 0) is 55.5 Å². The molecule has 1 aromatic rings. The molecule has 0 radical (unpaired) electrons. The quantitative estimate of drug-likeness (QED) is 0.824. The average molecular weight is 236 g/mol. The third kappa shape index (κ3) is 3.20. The van der Waals surface area contributed by atoms with Crippen LogP contribution in [0.15, 0.2) is 12.1 Å². The van der Waals surface area contributed by atoms with Gasteiger partial charge in [0.25, 0.3) is 0 Å². The van der Waals surface area contributed by atoms with Crippen LogP contribution in [0, 0.1) is 19.8 Å². The SMILES string of the molecule is COc1cc(C)c(C(N)C(C)CCN)cc1C. The first-order chi connectivity index (χ1) is 8.01. The summed E-state index contributed by atoms with van der Waals surface area (Å²) >= 11 is 0. The molecular formula is C14H24N2O. The van der Waals surface area contributed by atoms with Gasteiger partial charge < -0.3 is 16.2 Å². The zero-order valence-corrected chi connectivity index (χ0v) is 11.3. The van der Waals surface area contributed by atoms with E-state index in [2.05, 4.69) is 26.0 Å². The van der Waals surface area contributed by atoms with Gasteiger partial charge in [0.1, 0.15) is 5.75 Å². The standard InChI is InChI=1S/C14H24N2O/c1-9(5-6-15)14(16)12-7-11(3)13(17-4)8-10(12)2/h7-9,14H,5-6,15-16H2,1-4H3. The normalized spacial score (nSPS) is 14.5. The van der Waals surface area contributed by atoms with Crippen molar-refractivity contribution in [3.05, 3.63) is 28.8 Å². The number of methoxy groups -OCH3 is 1. The van der Waals surface area contributed by atoms with E-state index in [0.29, 0.717) is 12.5 Å². The van der Waals surface area contributed by atoms with E-state index in [-0.39, 0.29) is 6.04 Å². The van der Waals surface area contributed by atoms with Gasteiger partial charge in [0.05, 0.1) is 7.11 Å². The van der Waals surface area contributed by atoms with Gasteiger partial charge in [-0.1, -0.05) is 13.0 Å². The van der Waals surface area contributed by atoms with Gasteiger partial charge in [-0.25, -0.2) is 0 Å². The zero-order valence-electron chi connectivity index (χ0n) is 11.3. The summed E-state index contributed by atoms with van der Waals surface area (Å²) in [6, 6.07) is 4.23. The van der Waals surface area contributed by atoms with Crippen molar-refractivity contribution in [3.8, 4) is 5.75 Å². The predicted molar refractivity (Wildman–Crippen MR) is 72.2 cm³/mol. The van der Waals surface area contributed by atoms with Crippen molar-refractivity contribution in [3.63, 3.8) is 0 Å². The van der Waals surface area contributed by atoms with E-state index < -0.39 is 0 Å². The third-order valence-electron chi connectivity index (χ3n) is 3.38. The molecule has 3 heteroatoms. The number of hydrogen-bond acceptors (Lipinski definition) is 3. The summed E-state index contributed by atoms with van der Waals surface area (Å²) in [5.74, 6) is 1.32. The first kappa shape index (κ1) is 14.0. The molecule has 17 heavy (non-hydrogen) atoms. The maximum Gasteiger partial charge on any atom is 0.122 e. The molecule has 0 heterocycles. The van der Waals surface area contributed by atoms with Crippen molar-refractivity contribution in [2.24, 2.45) is 17.4 Å². The highest BCUT2D eigenvalue weighted by Crippen LogP contribution is 2.29. The molecule has 4 N–H and O–H groups in total. The fraction of sp³-hybridized carbons (Fsp3) is 0.571. The molecule has 0 aliphatic rings. The molecule has 2 unspecified atom stereocenters. The summed E-state index contributed by atoms with van der Waals surface area (Å²) in [7, 11) is 1.69. The van der Waals surface area contributed by atoms with E-state index >= 15 is 0 Å². The van der Waals surface area contributed by atoms with Crippen LogP contribution in [-0.2, 0) is 0 Å². The monoisotopic (exact) mass is 236 g/mol. The summed E-state index contributed by atoms with van der Waals surface area (Å²) in [6.45, 7) is 6.95. The zero-order chi connectivity index (χ0) is 13.0. The van der Waals surface area contributed by atoms with Crippen LogP contribution in [-0.4, -0.2) is 13.7 Å². The Kier molecular flexibility index (Phi) is 4.97. The van der Waals surface area contributed by atoms with E-state index in [1.165, 1.54) is 11.1 Å². The number of nitrogens with two attached hydrogens (primary N) is 2. The highest BCUT2D eigenvalue weighted by Gasteiger charge is 2.17. The first-order valence-corrected chi connectivity index (χ1v) is 6.12. The lowest BCUT2D eigenvalue weighted by atomic mass is 9.89. The number of aryl methyl sites for hydroxylation is 2. The molecule has 0 aliphatic heterocycles. The van der Waals surface area contributed by atoms with Crippen molar-refractivity contribution in [2.75, 3.05) is 13.7 Å². The highest BCUT2D eigenvalue weighted by atomic mass is 16.5. The summed E-state index contributed by atoms with van der Waals surface area (Å²) in [5, 5.41) is 0. The lowest BCUT2D eigenvalue weighted by molar-refractivity contribution is 0.409. The Labute approximate surface area is 104 Å². The second-order valence-corrected chi connectivity index (χ2v) is 4.76. The van der Waals surface area contributed by atoms with E-state index in [9.17, 15) is 0 Å². The van der Waals surface area contributed by atoms with Crippen LogP contribution >= 0.6 is 0 Å². The van der Waals surface area contributed by atoms with Crippen LogP contribution < -0.4 is 16.2 Å². The van der Waals surface area contributed by atoms with Gasteiger partial charge >= 0.3 is 0 Å². The first-order valence-electron chi connectivity index (χ1n) is 6.12. The van der Waals surface area contributed by atoms with Gasteiger partial charge in [-0.3, -0.25) is 0 Å². The maximum atomic E-state index is 6.29. The lowest BCUT2D eigenvalue weighted by Gasteiger charge is -2.22. The van der Waals surface area contributed by atoms with E-state index in [1.807, 2.05) is 6.92 Å². The Bertz CT molecular complexity index is 377. The smallest absolute Gasteiger partial charge is 0.122 e. The van der Waals surface area contributed by atoms with E-state index in [1.54, 1.807) is 7.11 Å². The molecule has 96 valence electrons.